The van der Waals surface area contributed by atoms with Crippen LogP contribution < -0.4 is 28.4 Å². The largest absolute Gasteiger partial charge is 0.493 e. The second-order valence-corrected chi connectivity index (χ2v) is 7.43. The van der Waals surface area contributed by atoms with Crippen molar-refractivity contribution < 1.29 is 28.4 Å². The molecule has 2 rings (SSSR count). The highest BCUT2D eigenvalue weighted by molar-refractivity contribution is 5.54. The third-order valence-corrected chi connectivity index (χ3v) is 5.54. The summed E-state index contributed by atoms with van der Waals surface area (Å²) in [7, 11) is 9.77. The average molecular weight is 419 g/mol. The molecular weight excluding hydrogens is 384 g/mol. The van der Waals surface area contributed by atoms with E-state index in [1.54, 1.807) is 42.7 Å². The molecule has 2 unspecified atom stereocenters. The van der Waals surface area contributed by atoms with Gasteiger partial charge in [0.25, 0.3) is 0 Å². The van der Waals surface area contributed by atoms with E-state index in [9.17, 15) is 0 Å². The molecule has 0 N–H and O–H groups in total. The average Bonchev–Trinajstić information content (AvgIpc) is 2.77. The fourth-order valence-electron chi connectivity index (χ4n) is 3.65. The monoisotopic (exact) mass is 418 g/mol. The summed E-state index contributed by atoms with van der Waals surface area (Å²) in [5.74, 6) is 4.78. The zero-order valence-corrected chi connectivity index (χ0v) is 19.3. The van der Waals surface area contributed by atoms with Crippen LogP contribution in [0.2, 0.25) is 0 Å². The molecule has 0 aliphatic heterocycles. The lowest BCUT2D eigenvalue weighted by Crippen LogP contribution is -2.14. The van der Waals surface area contributed by atoms with E-state index in [2.05, 4.69) is 13.8 Å². The van der Waals surface area contributed by atoms with E-state index in [4.69, 9.17) is 28.4 Å². The van der Waals surface area contributed by atoms with Gasteiger partial charge in [-0.25, -0.2) is 0 Å². The Morgan fingerprint density at radius 3 is 0.967 bits per heavy atom. The van der Waals surface area contributed by atoms with Gasteiger partial charge in [-0.15, -0.1) is 0 Å². The molecule has 0 aliphatic carbocycles. The van der Waals surface area contributed by atoms with Crippen molar-refractivity contribution in [2.75, 3.05) is 42.7 Å². The Kier molecular flexibility index (Phi) is 8.51. The maximum Gasteiger partial charge on any atom is 0.203 e. The van der Waals surface area contributed by atoms with Gasteiger partial charge in [-0.1, -0.05) is 13.8 Å². The van der Waals surface area contributed by atoms with Crippen molar-refractivity contribution >= 4 is 0 Å². The van der Waals surface area contributed by atoms with Crippen molar-refractivity contribution in [1.82, 2.24) is 0 Å². The van der Waals surface area contributed by atoms with Gasteiger partial charge < -0.3 is 28.4 Å². The molecule has 0 amide bonds. The van der Waals surface area contributed by atoms with Crippen LogP contribution in [0.4, 0.5) is 0 Å². The number of hydrogen-bond acceptors (Lipinski definition) is 6. The van der Waals surface area contributed by atoms with Crippen LogP contribution in [0.1, 0.15) is 25.0 Å². The van der Waals surface area contributed by atoms with Crippen LogP contribution in [0.3, 0.4) is 0 Å². The zero-order valence-electron chi connectivity index (χ0n) is 19.3. The topological polar surface area (TPSA) is 55.4 Å². The van der Waals surface area contributed by atoms with Crippen LogP contribution in [0.15, 0.2) is 24.3 Å². The number of benzene rings is 2. The van der Waals surface area contributed by atoms with Crippen molar-refractivity contribution in [2.24, 2.45) is 11.8 Å². The van der Waals surface area contributed by atoms with Crippen molar-refractivity contribution in [1.29, 1.82) is 0 Å². The summed E-state index contributed by atoms with van der Waals surface area (Å²) >= 11 is 0. The molecule has 0 radical (unpaired) electrons. The minimum atomic E-state index is 0.423. The summed E-state index contributed by atoms with van der Waals surface area (Å²) in [5, 5.41) is 0. The number of methoxy groups -OCH3 is 6. The summed E-state index contributed by atoms with van der Waals surface area (Å²) in [6, 6.07) is 8.07. The molecule has 0 saturated heterocycles. The van der Waals surface area contributed by atoms with Gasteiger partial charge in [0.05, 0.1) is 42.7 Å². The molecule has 0 aliphatic rings. The smallest absolute Gasteiger partial charge is 0.203 e. The lowest BCUT2D eigenvalue weighted by Gasteiger charge is -2.22. The van der Waals surface area contributed by atoms with Crippen molar-refractivity contribution in [3.8, 4) is 34.5 Å². The maximum absolute atomic E-state index is 5.49. The second-order valence-electron chi connectivity index (χ2n) is 7.43. The van der Waals surface area contributed by atoms with Crippen molar-refractivity contribution in [2.45, 2.75) is 26.7 Å². The molecule has 0 bridgehead atoms. The molecule has 0 heterocycles. The molecular formula is C24H34O6. The minimum Gasteiger partial charge on any atom is -0.493 e. The van der Waals surface area contributed by atoms with Crippen LogP contribution in [0.25, 0.3) is 0 Å². The van der Waals surface area contributed by atoms with Crippen LogP contribution in [0.5, 0.6) is 34.5 Å². The summed E-state index contributed by atoms with van der Waals surface area (Å²) in [6.07, 6.45) is 1.78. The van der Waals surface area contributed by atoms with E-state index in [1.807, 2.05) is 24.3 Å². The Morgan fingerprint density at radius 2 is 0.767 bits per heavy atom. The SMILES string of the molecule is COc1cc(CC(C)C(C)Cc2cc(OC)c(OC)c(OC)c2)cc(OC)c1OC. The van der Waals surface area contributed by atoms with Gasteiger partial charge in [0, 0.05) is 0 Å². The van der Waals surface area contributed by atoms with Gasteiger partial charge in [0.2, 0.25) is 11.5 Å². The molecule has 0 spiro atoms. The highest BCUT2D eigenvalue weighted by Crippen LogP contribution is 2.40. The Morgan fingerprint density at radius 1 is 0.500 bits per heavy atom. The molecule has 6 nitrogen and oxygen atoms in total. The molecule has 6 heteroatoms. The van der Waals surface area contributed by atoms with Crippen molar-refractivity contribution in [3.63, 3.8) is 0 Å². The first-order valence-corrected chi connectivity index (χ1v) is 10.00. The van der Waals surface area contributed by atoms with Crippen LogP contribution >= 0.6 is 0 Å². The fraction of sp³-hybridized carbons (Fsp3) is 0.500. The molecule has 0 aromatic heterocycles. The molecule has 0 fully saturated rings. The number of rotatable bonds is 11. The number of hydrogen-bond donors (Lipinski definition) is 0. The Hall–Kier alpha value is -2.76. The first kappa shape index (κ1) is 23.5. The normalized spacial score (nSPS) is 12.7. The molecule has 2 aromatic rings. The first-order valence-electron chi connectivity index (χ1n) is 10.00. The predicted molar refractivity (Wildman–Crippen MR) is 118 cm³/mol. The van der Waals surface area contributed by atoms with Crippen LogP contribution in [-0.2, 0) is 12.8 Å². The van der Waals surface area contributed by atoms with Gasteiger partial charge in [-0.3, -0.25) is 0 Å². The summed E-state index contributed by atoms with van der Waals surface area (Å²) < 4.78 is 32.8. The molecule has 30 heavy (non-hydrogen) atoms. The second kappa shape index (κ2) is 10.9. The third-order valence-electron chi connectivity index (χ3n) is 5.54. The van der Waals surface area contributed by atoms with E-state index >= 15 is 0 Å². The van der Waals surface area contributed by atoms with Crippen molar-refractivity contribution in [3.05, 3.63) is 35.4 Å². The maximum atomic E-state index is 5.49. The van der Waals surface area contributed by atoms with Gasteiger partial charge in [-0.05, 0) is 60.1 Å². The molecule has 2 atom stereocenters. The van der Waals surface area contributed by atoms with E-state index < -0.39 is 0 Å². The highest BCUT2D eigenvalue weighted by atomic mass is 16.5. The lowest BCUT2D eigenvalue weighted by atomic mass is 9.85. The highest BCUT2D eigenvalue weighted by Gasteiger charge is 2.20. The van der Waals surface area contributed by atoms with Gasteiger partial charge in [0.1, 0.15) is 0 Å². The number of ether oxygens (including phenoxy) is 6. The molecule has 166 valence electrons. The lowest BCUT2D eigenvalue weighted by molar-refractivity contribution is 0.321. The Balaban J connectivity index is 2.20. The first-order chi connectivity index (χ1) is 14.4. The minimum absolute atomic E-state index is 0.423. The third kappa shape index (κ3) is 5.23. The fourth-order valence-corrected chi connectivity index (χ4v) is 3.65. The van der Waals surface area contributed by atoms with Gasteiger partial charge in [0.15, 0.2) is 23.0 Å². The zero-order chi connectivity index (χ0) is 22.3. The van der Waals surface area contributed by atoms with E-state index in [0.29, 0.717) is 46.3 Å². The van der Waals surface area contributed by atoms with E-state index in [-0.39, 0.29) is 0 Å². The quantitative estimate of drug-likeness (QED) is 0.523. The van der Waals surface area contributed by atoms with Crippen LogP contribution in [-0.4, -0.2) is 42.7 Å². The van der Waals surface area contributed by atoms with E-state index in [1.165, 1.54) is 0 Å². The van der Waals surface area contributed by atoms with Gasteiger partial charge >= 0.3 is 0 Å². The van der Waals surface area contributed by atoms with E-state index in [0.717, 1.165) is 24.0 Å². The predicted octanol–water partition coefficient (Wildman–Crippen LogP) is 4.80. The summed E-state index contributed by atoms with van der Waals surface area (Å²) in [5.41, 5.74) is 2.29. The van der Waals surface area contributed by atoms with Gasteiger partial charge in [-0.2, -0.15) is 0 Å². The summed E-state index contributed by atoms with van der Waals surface area (Å²) in [4.78, 5) is 0. The molecule has 0 saturated carbocycles. The molecule has 2 aromatic carbocycles. The standard InChI is InChI=1S/C24H34O6/c1-15(9-17-11-19(25-3)23(29-7)20(12-17)26-4)16(2)10-18-13-21(27-5)24(30-8)22(14-18)28-6/h11-16H,9-10H2,1-8H3. The summed E-state index contributed by atoms with van der Waals surface area (Å²) in [6.45, 7) is 4.51. The Labute approximate surface area is 180 Å². The van der Waals surface area contributed by atoms with Crippen LogP contribution in [0, 0.1) is 11.8 Å². The Bertz CT molecular complexity index is 713.